The summed E-state index contributed by atoms with van der Waals surface area (Å²) in [7, 11) is 3.35. The summed E-state index contributed by atoms with van der Waals surface area (Å²) in [5.74, 6) is -0.848. The second kappa shape index (κ2) is 6.64. The summed E-state index contributed by atoms with van der Waals surface area (Å²) in [6.45, 7) is 5.43. The van der Waals surface area contributed by atoms with Crippen molar-refractivity contribution in [1.82, 2.24) is 4.90 Å². The van der Waals surface area contributed by atoms with Crippen LogP contribution < -0.4 is 10.2 Å². The molecule has 26 heavy (non-hydrogen) atoms. The lowest BCUT2D eigenvalue weighted by Crippen LogP contribution is -2.31. The molecule has 3 rings (SSSR count). The van der Waals surface area contributed by atoms with Gasteiger partial charge in [-0.15, -0.1) is 0 Å². The number of benzene rings is 1. The van der Waals surface area contributed by atoms with E-state index in [9.17, 15) is 9.59 Å². The number of carbonyl (C=O) groups excluding carboxylic acids is 2. The van der Waals surface area contributed by atoms with E-state index in [0.717, 1.165) is 12.2 Å². The highest BCUT2D eigenvalue weighted by Crippen LogP contribution is 2.41. The van der Waals surface area contributed by atoms with Crippen molar-refractivity contribution < 1.29 is 19.4 Å². The number of fused-ring (bicyclic) bond motifs is 1. The van der Waals surface area contributed by atoms with Crippen molar-refractivity contribution in [2.24, 2.45) is 0 Å². The molecule has 0 aromatic heterocycles. The molecule has 7 heteroatoms. The summed E-state index contributed by atoms with van der Waals surface area (Å²) < 4.78 is 4.81. The van der Waals surface area contributed by atoms with E-state index >= 15 is 0 Å². The predicted octanol–water partition coefficient (Wildman–Crippen LogP) is 1.09. The second-order valence-corrected chi connectivity index (χ2v) is 7.39. The van der Waals surface area contributed by atoms with Crippen molar-refractivity contribution in [2.75, 3.05) is 50.6 Å². The number of aliphatic hydroxyl groups is 1. The van der Waals surface area contributed by atoms with Crippen LogP contribution in [0.5, 0.6) is 0 Å². The number of hydrogen-bond donors (Lipinski definition) is 2. The number of anilines is 2. The van der Waals surface area contributed by atoms with E-state index < -0.39 is 5.97 Å². The van der Waals surface area contributed by atoms with E-state index in [2.05, 4.69) is 31.1 Å². The van der Waals surface area contributed by atoms with Crippen LogP contribution in [0.2, 0.25) is 0 Å². The third kappa shape index (κ3) is 3.03. The highest BCUT2D eigenvalue weighted by molar-refractivity contribution is 6.08. The lowest BCUT2D eigenvalue weighted by Gasteiger charge is -2.19. The van der Waals surface area contributed by atoms with E-state index in [1.54, 1.807) is 0 Å². The van der Waals surface area contributed by atoms with Gasteiger partial charge in [0.15, 0.2) is 0 Å². The van der Waals surface area contributed by atoms with Crippen LogP contribution in [-0.4, -0.2) is 62.3 Å². The Bertz CT molecular complexity index is 785. The average Bonchev–Trinajstić information content (AvgIpc) is 3.02. The molecule has 2 N–H and O–H groups in total. The molecule has 0 radical (unpaired) electrons. The third-order valence-electron chi connectivity index (χ3n) is 4.99. The quantitative estimate of drug-likeness (QED) is 0.766. The van der Waals surface area contributed by atoms with E-state index in [1.807, 2.05) is 18.2 Å². The maximum Gasteiger partial charge on any atom is 0.337 e. The van der Waals surface area contributed by atoms with Crippen LogP contribution in [0, 0.1) is 0 Å². The number of aliphatic hydroxyl groups excluding tert-OH is 1. The van der Waals surface area contributed by atoms with Gasteiger partial charge >= 0.3 is 5.97 Å². The van der Waals surface area contributed by atoms with E-state index in [0.29, 0.717) is 0 Å². The first kappa shape index (κ1) is 18.3. The first-order valence-corrected chi connectivity index (χ1v) is 8.63. The fourth-order valence-electron chi connectivity index (χ4n) is 3.75. The fraction of sp³-hybridized carbons (Fsp3) is 0.474. The number of carbonyl (C=O) groups is 2. The summed E-state index contributed by atoms with van der Waals surface area (Å²) >= 11 is 0. The zero-order chi connectivity index (χ0) is 19.1. The molecule has 0 saturated carbocycles. The summed E-state index contributed by atoms with van der Waals surface area (Å²) in [5, 5.41) is 12.3. The van der Waals surface area contributed by atoms with Crippen LogP contribution in [0.4, 0.5) is 11.4 Å². The van der Waals surface area contributed by atoms with Gasteiger partial charge in [0.05, 0.1) is 25.8 Å². The Labute approximate surface area is 153 Å². The lowest BCUT2D eigenvalue weighted by molar-refractivity contribution is -0.136. The fourth-order valence-corrected chi connectivity index (χ4v) is 3.75. The van der Waals surface area contributed by atoms with Gasteiger partial charge in [-0.2, -0.15) is 0 Å². The topological polar surface area (TPSA) is 82.1 Å². The summed E-state index contributed by atoms with van der Waals surface area (Å²) in [6, 6.07) is 5.96. The van der Waals surface area contributed by atoms with Crippen molar-refractivity contribution in [3.63, 3.8) is 0 Å². The summed E-state index contributed by atoms with van der Waals surface area (Å²) in [4.78, 5) is 28.3. The summed E-state index contributed by atoms with van der Waals surface area (Å²) in [5.41, 5.74) is 3.62. The van der Waals surface area contributed by atoms with Gasteiger partial charge in [0.25, 0.3) is 5.91 Å². The molecule has 2 aliphatic rings. The molecule has 0 bridgehead atoms. The Morgan fingerprint density at radius 2 is 2.12 bits per heavy atom. The molecule has 2 aliphatic heterocycles. The molecule has 1 aromatic carbocycles. The highest BCUT2D eigenvalue weighted by Gasteiger charge is 2.36. The Balaban J connectivity index is 1.94. The molecule has 0 atom stereocenters. The maximum absolute atomic E-state index is 12.6. The van der Waals surface area contributed by atoms with Crippen molar-refractivity contribution in [1.29, 1.82) is 0 Å². The molecule has 0 spiro atoms. The molecule has 7 nitrogen and oxygen atoms in total. The third-order valence-corrected chi connectivity index (χ3v) is 4.99. The molecule has 0 aliphatic carbocycles. The Hall–Kier alpha value is -2.54. The van der Waals surface area contributed by atoms with Gasteiger partial charge in [-0.1, -0.05) is 13.8 Å². The first-order valence-electron chi connectivity index (χ1n) is 8.63. The van der Waals surface area contributed by atoms with Gasteiger partial charge in [-0.25, -0.2) is 4.79 Å². The van der Waals surface area contributed by atoms with Crippen molar-refractivity contribution >= 4 is 23.3 Å². The minimum Gasteiger partial charge on any atom is -0.466 e. The van der Waals surface area contributed by atoms with Crippen LogP contribution in [0.3, 0.4) is 0 Å². The molecule has 2 heterocycles. The second-order valence-electron chi connectivity index (χ2n) is 7.39. The Morgan fingerprint density at radius 3 is 2.77 bits per heavy atom. The number of hydrogen-bond acceptors (Lipinski definition) is 6. The van der Waals surface area contributed by atoms with Gasteiger partial charge in [-0.3, -0.25) is 4.79 Å². The number of likely N-dealkylation sites (N-methyl/N-ethyl adjacent to an activating group) is 1. The molecule has 1 aromatic rings. The van der Waals surface area contributed by atoms with Crippen LogP contribution in [0.1, 0.15) is 19.4 Å². The van der Waals surface area contributed by atoms with Gasteiger partial charge < -0.3 is 25.0 Å². The smallest absolute Gasteiger partial charge is 0.337 e. The number of nitrogens with zero attached hydrogens (tertiary/aromatic N) is 2. The monoisotopic (exact) mass is 359 g/mol. The van der Waals surface area contributed by atoms with Crippen molar-refractivity contribution in [2.45, 2.75) is 19.3 Å². The number of ether oxygens (including phenoxy) is 1. The normalized spacial score (nSPS) is 18.4. The first-order chi connectivity index (χ1) is 12.3. The molecular formula is C19H25N3O4. The Morgan fingerprint density at radius 1 is 1.38 bits per heavy atom. The van der Waals surface area contributed by atoms with Crippen molar-refractivity contribution in [3.05, 3.63) is 35.0 Å². The average molecular weight is 359 g/mol. The van der Waals surface area contributed by atoms with Gasteiger partial charge in [0.2, 0.25) is 0 Å². The zero-order valence-electron chi connectivity index (χ0n) is 15.6. The molecular weight excluding hydrogens is 334 g/mol. The molecule has 0 saturated heterocycles. The number of methoxy groups -OCH3 is 1. The largest absolute Gasteiger partial charge is 0.466 e. The Kier molecular flexibility index (Phi) is 4.66. The van der Waals surface area contributed by atoms with Crippen molar-refractivity contribution in [3.8, 4) is 0 Å². The van der Waals surface area contributed by atoms with Crippen LogP contribution in [-0.2, 0) is 19.7 Å². The minimum absolute atomic E-state index is 0.00391. The molecule has 140 valence electrons. The number of rotatable bonds is 5. The SMILES string of the molecule is COC(=O)C1=C(Nc2ccc3c(c2)C(C)(C)CN3C)C(=O)N(CCO)C1. The molecule has 0 fully saturated rings. The predicted molar refractivity (Wildman–Crippen MR) is 99.1 cm³/mol. The highest BCUT2D eigenvalue weighted by atomic mass is 16.5. The van der Waals surface area contributed by atoms with Gasteiger partial charge in [-0.05, 0) is 23.8 Å². The number of amides is 1. The number of nitrogens with one attached hydrogen (secondary N) is 1. The van der Waals surface area contributed by atoms with E-state index in [1.165, 1.54) is 23.3 Å². The lowest BCUT2D eigenvalue weighted by atomic mass is 9.87. The van der Waals surface area contributed by atoms with Crippen LogP contribution >= 0.6 is 0 Å². The van der Waals surface area contributed by atoms with Gasteiger partial charge in [0, 0.05) is 36.9 Å². The molecule has 1 amide bonds. The zero-order valence-corrected chi connectivity index (χ0v) is 15.6. The standard InChI is InChI=1S/C19H25N3O4/c1-19(2)11-21(3)15-6-5-12(9-14(15)19)20-16-13(18(25)26-4)10-22(7-8-23)17(16)24/h5-6,9,20,23H,7-8,10-11H2,1-4H3. The molecule has 0 unspecified atom stereocenters. The minimum atomic E-state index is -0.539. The van der Waals surface area contributed by atoms with E-state index in [4.69, 9.17) is 9.84 Å². The van der Waals surface area contributed by atoms with Crippen LogP contribution in [0.15, 0.2) is 29.5 Å². The van der Waals surface area contributed by atoms with Gasteiger partial charge in [0.1, 0.15) is 5.70 Å². The number of esters is 1. The van der Waals surface area contributed by atoms with E-state index in [-0.39, 0.29) is 42.3 Å². The summed E-state index contributed by atoms with van der Waals surface area (Å²) in [6.07, 6.45) is 0. The van der Waals surface area contributed by atoms with Crippen LogP contribution in [0.25, 0.3) is 0 Å². The number of β-amino-alcohol motifs (C(OH)–C–C–N with tert-alkyl or cyclic N) is 1. The maximum atomic E-state index is 12.6.